The van der Waals surface area contributed by atoms with Gasteiger partial charge in [-0.15, -0.1) is 5.10 Å². The topological polar surface area (TPSA) is 92.4 Å². The number of ether oxygens (including phenoxy) is 1. The van der Waals surface area contributed by atoms with Gasteiger partial charge in [0.2, 0.25) is 0 Å². The molecule has 4 aromatic carbocycles. The lowest BCUT2D eigenvalue weighted by atomic mass is 9.98. The average Bonchev–Trinajstić information content (AvgIpc) is 3.54. The molecular weight excluding hydrogens is 693 g/mol. The molecule has 0 N–H and O–H groups in total. The molecule has 2 aromatic heterocycles. The van der Waals surface area contributed by atoms with Crippen LogP contribution in [0.1, 0.15) is 59.9 Å². The van der Waals surface area contributed by atoms with E-state index in [9.17, 15) is 22.8 Å². The standard InChI is InChI=1S/C42H37F3N6O3/c1-28-31(17-11-19-34(28)42(43,44)45)24-37-36(26-49(2)41(53)33-18-10-9-16-32(33)27-52)47-40-35(25-38(48-51(37)40)50-20-22-54-23-21-50)46-39(29-12-5-3-6-13-29)30-14-7-4-8-15-30/h3-19,25,27H,20-24,26H2,1-2H3. The molecule has 0 aliphatic carbocycles. The molecule has 0 radical (unpaired) electrons. The van der Waals surface area contributed by atoms with Crippen molar-refractivity contribution in [3.63, 3.8) is 0 Å². The van der Waals surface area contributed by atoms with Gasteiger partial charge in [-0.05, 0) is 30.2 Å². The number of aldehydes is 1. The van der Waals surface area contributed by atoms with Crippen LogP contribution in [0.15, 0.2) is 114 Å². The first kappa shape index (κ1) is 36.2. The van der Waals surface area contributed by atoms with E-state index in [0.717, 1.165) is 17.2 Å². The van der Waals surface area contributed by atoms with E-state index in [-0.39, 0.29) is 29.7 Å². The quantitative estimate of drug-likeness (QED) is 0.106. The van der Waals surface area contributed by atoms with E-state index < -0.39 is 17.6 Å². The fourth-order valence-electron chi connectivity index (χ4n) is 6.68. The van der Waals surface area contributed by atoms with Gasteiger partial charge in [0.05, 0.1) is 48.0 Å². The van der Waals surface area contributed by atoms with E-state index in [4.69, 9.17) is 19.8 Å². The highest BCUT2D eigenvalue weighted by molar-refractivity contribution is 6.14. The highest BCUT2D eigenvalue weighted by Gasteiger charge is 2.33. The highest BCUT2D eigenvalue weighted by atomic mass is 19.4. The molecule has 0 unspecified atom stereocenters. The molecule has 1 amide bonds. The minimum atomic E-state index is -4.55. The fourth-order valence-corrected chi connectivity index (χ4v) is 6.68. The maximum atomic E-state index is 14.1. The van der Waals surface area contributed by atoms with Crippen molar-refractivity contribution in [3.05, 3.63) is 160 Å². The molecule has 1 aliphatic rings. The number of amides is 1. The van der Waals surface area contributed by atoms with Crippen LogP contribution in [0.2, 0.25) is 0 Å². The number of carbonyl (C=O) groups is 2. The first-order valence-corrected chi connectivity index (χ1v) is 17.5. The summed E-state index contributed by atoms with van der Waals surface area (Å²) in [5.74, 6) is 0.187. The first-order valence-electron chi connectivity index (χ1n) is 17.5. The van der Waals surface area contributed by atoms with Gasteiger partial charge in [0, 0.05) is 49.3 Å². The van der Waals surface area contributed by atoms with Crippen LogP contribution in [0, 0.1) is 6.92 Å². The van der Waals surface area contributed by atoms with Gasteiger partial charge < -0.3 is 14.5 Å². The van der Waals surface area contributed by atoms with Crippen molar-refractivity contribution in [2.75, 3.05) is 38.3 Å². The lowest BCUT2D eigenvalue weighted by Gasteiger charge is -2.28. The molecule has 1 saturated heterocycles. The summed E-state index contributed by atoms with van der Waals surface area (Å²) in [6.07, 6.45) is -3.88. The van der Waals surface area contributed by atoms with Crippen LogP contribution in [-0.4, -0.2) is 70.8 Å². The Balaban J connectivity index is 1.45. The Morgan fingerprint density at radius 2 is 1.56 bits per heavy atom. The average molecular weight is 731 g/mol. The molecule has 1 aliphatic heterocycles. The van der Waals surface area contributed by atoms with Crippen molar-refractivity contribution >= 4 is 35.1 Å². The molecule has 7 rings (SSSR count). The second-order valence-electron chi connectivity index (χ2n) is 13.1. The Morgan fingerprint density at radius 3 is 2.20 bits per heavy atom. The Hall–Kier alpha value is -6.14. The number of morpholine rings is 1. The third-order valence-corrected chi connectivity index (χ3v) is 9.55. The molecule has 0 atom stereocenters. The van der Waals surface area contributed by atoms with Gasteiger partial charge in [-0.2, -0.15) is 13.2 Å². The number of hydrogen-bond acceptors (Lipinski definition) is 7. The van der Waals surface area contributed by atoms with E-state index in [1.54, 1.807) is 41.9 Å². The number of halogens is 3. The third-order valence-electron chi connectivity index (χ3n) is 9.55. The van der Waals surface area contributed by atoms with E-state index in [1.807, 2.05) is 66.7 Å². The highest BCUT2D eigenvalue weighted by Crippen LogP contribution is 2.35. The maximum Gasteiger partial charge on any atom is 0.416 e. The number of aromatic nitrogens is 3. The van der Waals surface area contributed by atoms with Crippen molar-refractivity contribution in [2.45, 2.75) is 26.1 Å². The fraction of sp³-hybridized carbons (Fsp3) is 0.214. The van der Waals surface area contributed by atoms with Gasteiger partial charge in [-0.25, -0.2) is 14.5 Å². The number of fused-ring (bicyclic) bond motifs is 1. The Kier molecular flexibility index (Phi) is 10.4. The van der Waals surface area contributed by atoms with Crippen LogP contribution >= 0.6 is 0 Å². The monoisotopic (exact) mass is 730 g/mol. The van der Waals surface area contributed by atoms with Gasteiger partial charge >= 0.3 is 6.18 Å². The predicted molar refractivity (Wildman–Crippen MR) is 201 cm³/mol. The van der Waals surface area contributed by atoms with E-state index in [2.05, 4.69) is 4.90 Å². The number of benzene rings is 4. The maximum absolute atomic E-state index is 14.1. The molecule has 9 nitrogen and oxygen atoms in total. The molecule has 0 spiro atoms. The predicted octanol–water partition coefficient (Wildman–Crippen LogP) is 7.74. The van der Waals surface area contributed by atoms with E-state index >= 15 is 0 Å². The number of aliphatic imine (C=N–C) groups is 1. The van der Waals surface area contributed by atoms with Crippen LogP contribution < -0.4 is 4.90 Å². The molecule has 0 saturated carbocycles. The van der Waals surface area contributed by atoms with E-state index in [0.29, 0.717) is 72.4 Å². The molecule has 3 heterocycles. The minimum Gasteiger partial charge on any atom is -0.378 e. The summed E-state index contributed by atoms with van der Waals surface area (Å²) >= 11 is 0. The van der Waals surface area contributed by atoms with Crippen molar-refractivity contribution < 1.29 is 27.5 Å². The zero-order valence-corrected chi connectivity index (χ0v) is 29.8. The lowest BCUT2D eigenvalue weighted by molar-refractivity contribution is -0.138. The molecule has 6 aromatic rings. The summed E-state index contributed by atoms with van der Waals surface area (Å²) in [4.78, 5) is 39.4. The number of anilines is 1. The van der Waals surface area contributed by atoms with Crippen molar-refractivity contribution in [1.82, 2.24) is 19.5 Å². The van der Waals surface area contributed by atoms with Crippen molar-refractivity contribution in [1.29, 1.82) is 0 Å². The number of hydrogen-bond donors (Lipinski definition) is 0. The number of imidazole rings is 1. The Morgan fingerprint density at radius 1 is 0.907 bits per heavy atom. The van der Waals surface area contributed by atoms with Gasteiger partial charge in [-0.3, -0.25) is 9.59 Å². The second kappa shape index (κ2) is 15.5. The zero-order valence-electron chi connectivity index (χ0n) is 29.8. The normalized spacial score (nSPS) is 13.2. The molecule has 274 valence electrons. The van der Waals surface area contributed by atoms with Gasteiger partial charge in [-0.1, -0.05) is 91.0 Å². The Bertz CT molecular complexity index is 2290. The summed E-state index contributed by atoms with van der Waals surface area (Å²) in [6, 6.07) is 32.0. The van der Waals surface area contributed by atoms with Crippen molar-refractivity contribution in [3.8, 4) is 0 Å². The number of rotatable bonds is 10. The van der Waals surface area contributed by atoms with Crippen LogP contribution in [0.25, 0.3) is 5.65 Å². The zero-order chi connectivity index (χ0) is 37.8. The molecule has 12 heteroatoms. The summed E-state index contributed by atoms with van der Waals surface area (Å²) in [5, 5.41) is 5.05. The Labute approximate surface area is 310 Å². The molecule has 0 bridgehead atoms. The molecular formula is C42H37F3N6O3. The molecule has 1 fully saturated rings. The first-order chi connectivity index (χ1) is 26.1. The number of nitrogens with zero attached hydrogens (tertiary/aromatic N) is 6. The van der Waals surface area contributed by atoms with Crippen LogP contribution in [0.5, 0.6) is 0 Å². The summed E-state index contributed by atoms with van der Waals surface area (Å²) in [5.41, 5.74) is 4.50. The summed E-state index contributed by atoms with van der Waals surface area (Å²) < 4.78 is 49.6. The van der Waals surface area contributed by atoms with Crippen LogP contribution in [0.4, 0.5) is 24.7 Å². The van der Waals surface area contributed by atoms with Crippen LogP contribution in [0.3, 0.4) is 0 Å². The summed E-state index contributed by atoms with van der Waals surface area (Å²) in [6.45, 7) is 3.58. The van der Waals surface area contributed by atoms with Gasteiger partial charge in [0.1, 0.15) is 5.69 Å². The SMILES string of the molecule is Cc1c(Cc2c(CN(C)C(=O)c3ccccc3C=O)nc3c(N=C(c4ccccc4)c4ccccc4)cc(N4CCOCC4)nn23)cccc1C(F)(F)F. The van der Waals surface area contributed by atoms with Crippen molar-refractivity contribution in [2.24, 2.45) is 4.99 Å². The van der Waals surface area contributed by atoms with Gasteiger partial charge in [0.15, 0.2) is 17.8 Å². The number of carbonyl (C=O) groups excluding carboxylic acids is 2. The minimum absolute atomic E-state index is 0.0248. The van der Waals surface area contributed by atoms with Gasteiger partial charge in [0.25, 0.3) is 5.91 Å². The van der Waals surface area contributed by atoms with Crippen LogP contribution in [-0.2, 0) is 23.9 Å². The third kappa shape index (κ3) is 7.51. The largest absolute Gasteiger partial charge is 0.416 e. The summed E-state index contributed by atoms with van der Waals surface area (Å²) in [7, 11) is 1.60. The van der Waals surface area contributed by atoms with E-state index in [1.165, 1.54) is 17.9 Å². The second-order valence-corrected chi connectivity index (χ2v) is 13.1. The molecule has 54 heavy (non-hydrogen) atoms. The smallest absolute Gasteiger partial charge is 0.378 e. The number of alkyl halides is 3. The lowest BCUT2D eigenvalue weighted by Crippen LogP contribution is -2.37.